The highest BCUT2D eigenvalue weighted by atomic mass is 16.1. The molecule has 0 heterocycles. The molecular formula is C12H20O. The first-order chi connectivity index (χ1) is 6.30. The van der Waals surface area contributed by atoms with Gasteiger partial charge in [-0.25, -0.2) is 0 Å². The lowest BCUT2D eigenvalue weighted by molar-refractivity contribution is -0.115. The largest absolute Gasteiger partial charge is 0.295 e. The predicted molar refractivity (Wildman–Crippen MR) is 55.7 cm³/mol. The van der Waals surface area contributed by atoms with E-state index >= 15 is 0 Å². The van der Waals surface area contributed by atoms with Crippen molar-refractivity contribution >= 4 is 5.78 Å². The summed E-state index contributed by atoms with van der Waals surface area (Å²) in [4.78, 5) is 11.4. The van der Waals surface area contributed by atoms with Crippen molar-refractivity contribution in [3.8, 4) is 0 Å². The zero-order valence-corrected chi connectivity index (χ0v) is 8.48. The quantitative estimate of drug-likeness (QED) is 0.520. The number of carbonyl (C=O) groups excluding carboxylic acids is 1. The minimum Gasteiger partial charge on any atom is -0.295 e. The lowest BCUT2D eigenvalue weighted by atomic mass is 10.0. The van der Waals surface area contributed by atoms with Crippen LogP contribution in [-0.2, 0) is 4.79 Å². The molecule has 1 heteroatoms. The monoisotopic (exact) mass is 180 g/mol. The van der Waals surface area contributed by atoms with Gasteiger partial charge in [-0.3, -0.25) is 4.79 Å². The third-order valence-corrected chi connectivity index (χ3v) is 2.78. The van der Waals surface area contributed by atoms with E-state index in [0.29, 0.717) is 5.78 Å². The minimum absolute atomic E-state index is 0.307. The van der Waals surface area contributed by atoms with Gasteiger partial charge in [-0.15, -0.1) is 0 Å². The first-order valence-electron chi connectivity index (χ1n) is 5.51. The Labute approximate surface area is 81.2 Å². The van der Waals surface area contributed by atoms with Gasteiger partial charge in [0.15, 0.2) is 5.78 Å². The molecular weight excluding hydrogens is 160 g/mol. The second kappa shape index (κ2) is 5.95. The van der Waals surface area contributed by atoms with Crippen LogP contribution in [0, 0.1) is 0 Å². The number of Topliss-reactive ketones (excluding diaryl/α,β-unsaturated/α-hetero) is 1. The number of rotatable bonds is 0. The molecule has 0 radical (unpaired) electrons. The van der Waals surface area contributed by atoms with Gasteiger partial charge in [-0.1, -0.05) is 38.7 Å². The van der Waals surface area contributed by atoms with E-state index in [9.17, 15) is 4.79 Å². The van der Waals surface area contributed by atoms with Crippen molar-refractivity contribution in [2.75, 3.05) is 0 Å². The second-order valence-corrected chi connectivity index (χ2v) is 4.00. The van der Waals surface area contributed by atoms with E-state index in [-0.39, 0.29) is 0 Å². The molecule has 1 nitrogen and oxygen atoms in total. The van der Waals surface area contributed by atoms with Gasteiger partial charge >= 0.3 is 0 Å². The highest BCUT2D eigenvalue weighted by Crippen LogP contribution is 2.16. The van der Waals surface area contributed by atoms with Gasteiger partial charge in [0.2, 0.25) is 0 Å². The van der Waals surface area contributed by atoms with E-state index in [2.05, 4.69) is 6.58 Å². The van der Waals surface area contributed by atoms with E-state index in [1.165, 1.54) is 32.1 Å². The Bertz CT molecular complexity index is 162. The van der Waals surface area contributed by atoms with E-state index in [1.807, 2.05) is 0 Å². The van der Waals surface area contributed by atoms with Crippen LogP contribution in [0.4, 0.5) is 0 Å². The van der Waals surface area contributed by atoms with Crippen molar-refractivity contribution in [2.45, 2.75) is 57.8 Å². The van der Waals surface area contributed by atoms with Gasteiger partial charge < -0.3 is 0 Å². The Morgan fingerprint density at radius 3 is 1.85 bits per heavy atom. The lowest BCUT2D eigenvalue weighted by Gasteiger charge is -2.02. The minimum atomic E-state index is 0.307. The van der Waals surface area contributed by atoms with Crippen molar-refractivity contribution in [3.63, 3.8) is 0 Å². The van der Waals surface area contributed by atoms with E-state index in [4.69, 9.17) is 0 Å². The summed E-state index contributed by atoms with van der Waals surface area (Å²) in [5.41, 5.74) is 0.863. The van der Waals surface area contributed by atoms with Crippen molar-refractivity contribution in [3.05, 3.63) is 12.2 Å². The molecule has 1 aliphatic carbocycles. The first-order valence-corrected chi connectivity index (χ1v) is 5.51. The van der Waals surface area contributed by atoms with Crippen LogP contribution in [-0.4, -0.2) is 5.78 Å². The molecule has 0 aromatic heterocycles. The highest BCUT2D eigenvalue weighted by molar-refractivity contribution is 5.94. The molecule has 1 rings (SSSR count). The number of ketones is 1. The number of hydrogen-bond donors (Lipinski definition) is 0. The van der Waals surface area contributed by atoms with Crippen LogP contribution in [0.25, 0.3) is 0 Å². The molecule has 74 valence electrons. The molecule has 0 aromatic rings. The zero-order chi connectivity index (χ0) is 9.52. The molecule has 0 atom stereocenters. The summed E-state index contributed by atoms with van der Waals surface area (Å²) >= 11 is 0. The average molecular weight is 180 g/mol. The van der Waals surface area contributed by atoms with Crippen LogP contribution in [0.1, 0.15) is 57.8 Å². The summed E-state index contributed by atoms with van der Waals surface area (Å²) in [6.45, 7) is 3.85. The molecule has 13 heavy (non-hydrogen) atoms. The third kappa shape index (κ3) is 4.25. The smallest absolute Gasteiger partial charge is 0.158 e. The van der Waals surface area contributed by atoms with E-state index in [1.54, 1.807) is 0 Å². The molecule has 1 fully saturated rings. The normalized spacial score (nSPS) is 22.5. The van der Waals surface area contributed by atoms with Crippen LogP contribution < -0.4 is 0 Å². The van der Waals surface area contributed by atoms with Crippen LogP contribution in [0.2, 0.25) is 0 Å². The SMILES string of the molecule is C=C1CCCCCCCCCC1=O. The second-order valence-electron chi connectivity index (χ2n) is 4.00. The summed E-state index contributed by atoms with van der Waals surface area (Å²) in [7, 11) is 0. The maximum absolute atomic E-state index is 11.4. The maximum atomic E-state index is 11.4. The van der Waals surface area contributed by atoms with Gasteiger partial charge in [0.1, 0.15) is 0 Å². The van der Waals surface area contributed by atoms with Gasteiger partial charge in [-0.2, -0.15) is 0 Å². The van der Waals surface area contributed by atoms with E-state index < -0.39 is 0 Å². The van der Waals surface area contributed by atoms with Crippen molar-refractivity contribution in [1.82, 2.24) is 0 Å². The Hall–Kier alpha value is -0.590. The topological polar surface area (TPSA) is 17.1 Å². The summed E-state index contributed by atoms with van der Waals surface area (Å²) in [6, 6.07) is 0. The molecule has 0 N–H and O–H groups in total. The third-order valence-electron chi connectivity index (χ3n) is 2.78. The summed E-state index contributed by atoms with van der Waals surface area (Å²) in [5.74, 6) is 0.307. The van der Waals surface area contributed by atoms with Crippen LogP contribution in [0.3, 0.4) is 0 Å². The lowest BCUT2D eigenvalue weighted by Crippen LogP contribution is -2.00. The molecule has 1 saturated carbocycles. The number of hydrogen-bond acceptors (Lipinski definition) is 1. The number of carbonyl (C=O) groups is 1. The average Bonchev–Trinajstić information content (AvgIpc) is 2.16. The van der Waals surface area contributed by atoms with Gasteiger partial charge in [0.25, 0.3) is 0 Å². The van der Waals surface area contributed by atoms with Crippen molar-refractivity contribution in [2.24, 2.45) is 0 Å². The zero-order valence-electron chi connectivity index (χ0n) is 8.48. The van der Waals surface area contributed by atoms with Crippen LogP contribution in [0.5, 0.6) is 0 Å². The number of allylic oxidation sites excluding steroid dienone is 1. The van der Waals surface area contributed by atoms with Gasteiger partial charge in [-0.05, 0) is 24.8 Å². The Morgan fingerprint density at radius 2 is 1.23 bits per heavy atom. The molecule has 0 unspecified atom stereocenters. The molecule has 0 aliphatic heterocycles. The molecule has 0 spiro atoms. The molecule has 0 saturated heterocycles. The van der Waals surface area contributed by atoms with Crippen molar-refractivity contribution < 1.29 is 4.79 Å². The van der Waals surface area contributed by atoms with Crippen molar-refractivity contribution in [1.29, 1.82) is 0 Å². The molecule has 0 bridgehead atoms. The summed E-state index contributed by atoms with van der Waals surface area (Å²) in [5, 5.41) is 0. The molecule has 1 aliphatic rings. The Morgan fingerprint density at radius 1 is 0.769 bits per heavy atom. The Kier molecular flexibility index (Phi) is 4.81. The summed E-state index contributed by atoms with van der Waals surface area (Å²) < 4.78 is 0. The van der Waals surface area contributed by atoms with Crippen LogP contribution >= 0.6 is 0 Å². The van der Waals surface area contributed by atoms with Gasteiger partial charge in [0.05, 0.1) is 0 Å². The molecule has 0 amide bonds. The van der Waals surface area contributed by atoms with Crippen LogP contribution in [0.15, 0.2) is 12.2 Å². The van der Waals surface area contributed by atoms with E-state index in [0.717, 1.165) is 31.3 Å². The predicted octanol–water partition coefficient (Wildman–Crippen LogP) is 3.64. The maximum Gasteiger partial charge on any atom is 0.158 e. The van der Waals surface area contributed by atoms with Gasteiger partial charge in [0, 0.05) is 6.42 Å². The fraction of sp³-hybridized carbons (Fsp3) is 0.750. The first kappa shape index (κ1) is 10.5. The fourth-order valence-electron chi connectivity index (χ4n) is 1.82. The standard InChI is InChI=1S/C12H20O/c1-11-9-7-5-3-2-4-6-8-10-12(11)13/h1-10H2. The summed E-state index contributed by atoms with van der Waals surface area (Å²) in [6.07, 6.45) is 10.4. The fourth-order valence-corrected chi connectivity index (χ4v) is 1.82. The Balaban J connectivity index is 2.35. The highest BCUT2D eigenvalue weighted by Gasteiger charge is 2.07. The molecule has 0 aromatic carbocycles.